The quantitative estimate of drug-likeness (QED) is 0.407. The molecule has 0 saturated carbocycles. The molecule has 166 valence electrons. The van der Waals surface area contributed by atoms with E-state index in [0.29, 0.717) is 10.1 Å². The van der Waals surface area contributed by atoms with Crippen molar-refractivity contribution in [3.05, 3.63) is 87.8 Å². The van der Waals surface area contributed by atoms with Gasteiger partial charge >= 0.3 is 0 Å². The first-order valence-corrected chi connectivity index (χ1v) is 12.2. The Balaban J connectivity index is 1.59. The van der Waals surface area contributed by atoms with Gasteiger partial charge in [0.15, 0.2) is 5.17 Å². The van der Waals surface area contributed by atoms with E-state index in [2.05, 4.69) is 4.90 Å². The Bertz CT molecular complexity index is 1300. The van der Waals surface area contributed by atoms with Gasteiger partial charge in [-0.1, -0.05) is 47.2 Å². The van der Waals surface area contributed by atoms with Crippen LogP contribution < -0.4 is 14.5 Å². The van der Waals surface area contributed by atoms with Crippen LogP contribution >= 0.6 is 23.5 Å². The van der Waals surface area contributed by atoms with Crippen molar-refractivity contribution in [3.8, 4) is 5.75 Å². The number of benzene rings is 3. The Kier molecular flexibility index (Phi) is 5.68. The lowest BCUT2D eigenvalue weighted by Crippen LogP contribution is -2.29. The molecule has 5 nitrogen and oxygen atoms in total. The van der Waals surface area contributed by atoms with E-state index in [9.17, 15) is 4.79 Å². The first kappa shape index (κ1) is 21.7. The van der Waals surface area contributed by atoms with E-state index in [-0.39, 0.29) is 5.91 Å². The van der Waals surface area contributed by atoms with Gasteiger partial charge in [-0.3, -0.25) is 9.69 Å². The number of carbonyl (C=O) groups excluding carboxylic acids is 1. The number of anilines is 2. The highest BCUT2D eigenvalue weighted by molar-refractivity contribution is 8.20. The molecule has 2 aliphatic heterocycles. The molecule has 2 heterocycles. The lowest BCUT2D eigenvalue weighted by atomic mass is 10.2. The molecule has 2 aliphatic rings. The summed E-state index contributed by atoms with van der Waals surface area (Å²) in [4.78, 5) is 24.2. The maximum absolute atomic E-state index is 13.8. The molecule has 7 heteroatoms. The Hall–Kier alpha value is -3.16. The van der Waals surface area contributed by atoms with Crippen LogP contribution in [-0.4, -0.2) is 25.2 Å². The van der Waals surface area contributed by atoms with Gasteiger partial charge in [0.25, 0.3) is 5.91 Å². The SMILES string of the molecule is COc1ccc2c(c1)N(C)/C(=C1/SC(=Nc3ccc(C)cc3)N(c3ccc(C)cc3)C1=O)S2. The Morgan fingerprint density at radius 3 is 2.21 bits per heavy atom. The summed E-state index contributed by atoms with van der Waals surface area (Å²) in [6, 6.07) is 22.0. The van der Waals surface area contributed by atoms with Crippen molar-refractivity contribution in [1.29, 1.82) is 0 Å². The van der Waals surface area contributed by atoms with Crippen LogP contribution in [0.1, 0.15) is 11.1 Å². The third kappa shape index (κ3) is 4.03. The summed E-state index contributed by atoms with van der Waals surface area (Å²) < 4.78 is 5.39. The third-order valence-corrected chi connectivity index (χ3v) is 7.96. The van der Waals surface area contributed by atoms with Crippen LogP contribution in [0.2, 0.25) is 0 Å². The Labute approximate surface area is 202 Å². The molecule has 0 bridgehead atoms. The largest absolute Gasteiger partial charge is 0.497 e. The smallest absolute Gasteiger partial charge is 0.274 e. The number of thioether (sulfide) groups is 2. The number of carbonyl (C=O) groups is 1. The van der Waals surface area contributed by atoms with E-state index in [1.807, 2.05) is 87.6 Å². The molecule has 0 spiro atoms. The van der Waals surface area contributed by atoms with Crippen LogP contribution in [0.4, 0.5) is 17.1 Å². The van der Waals surface area contributed by atoms with Crippen LogP contribution in [0.25, 0.3) is 0 Å². The van der Waals surface area contributed by atoms with Crippen molar-refractivity contribution >= 4 is 51.7 Å². The highest BCUT2D eigenvalue weighted by Gasteiger charge is 2.40. The summed E-state index contributed by atoms with van der Waals surface area (Å²) in [7, 11) is 3.65. The molecule has 0 aliphatic carbocycles. The number of nitrogens with zero attached hydrogens (tertiary/aromatic N) is 3. The van der Waals surface area contributed by atoms with Crippen molar-refractivity contribution in [2.45, 2.75) is 18.7 Å². The van der Waals surface area contributed by atoms with Crippen LogP contribution in [0.5, 0.6) is 5.75 Å². The first-order valence-electron chi connectivity index (χ1n) is 10.5. The van der Waals surface area contributed by atoms with Gasteiger partial charge in [0.2, 0.25) is 0 Å². The summed E-state index contributed by atoms with van der Waals surface area (Å²) in [5, 5.41) is 1.55. The average Bonchev–Trinajstić information content (AvgIpc) is 3.31. The number of methoxy groups -OCH3 is 1. The van der Waals surface area contributed by atoms with Crippen molar-refractivity contribution in [3.63, 3.8) is 0 Å². The summed E-state index contributed by atoms with van der Waals surface area (Å²) in [6.07, 6.45) is 0. The fourth-order valence-electron chi connectivity index (χ4n) is 3.68. The fourth-order valence-corrected chi connectivity index (χ4v) is 6.01. The predicted molar refractivity (Wildman–Crippen MR) is 139 cm³/mol. The van der Waals surface area contributed by atoms with E-state index < -0.39 is 0 Å². The molecule has 3 aromatic carbocycles. The Morgan fingerprint density at radius 1 is 0.879 bits per heavy atom. The van der Waals surface area contributed by atoms with Gasteiger partial charge in [0.05, 0.1) is 29.2 Å². The zero-order valence-electron chi connectivity index (χ0n) is 18.8. The van der Waals surface area contributed by atoms with Crippen molar-refractivity contribution in [2.24, 2.45) is 4.99 Å². The second-order valence-corrected chi connectivity index (χ2v) is 9.95. The summed E-state index contributed by atoms with van der Waals surface area (Å²) >= 11 is 3.02. The van der Waals surface area contributed by atoms with E-state index in [1.54, 1.807) is 23.8 Å². The summed E-state index contributed by atoms with van der Waals surface area (Å²) in [5.74, 6) is 0.726. The number of amidine groups is 1. The molecule has 1 amide bonds. The first-order chi connectivity index (χ1) is 15.9. The van der Waals surface area contributed by atoms with Gasteiger partial charge in [0, 0.05) is 18.0 Å². The number of aliphatic imine (C=N–C) groups is 1. The minimum atomic E-state index is -0.0659. The average molecular weight is 474 g/mol. The lowest BCUT2D eigenvalue weighted by Gasteiger charge is -2.17. The zero-order chi connectivity index (χ0) is 23.1. The maximum Gasteiger partial charge on any atom is 0.274 e. The number of fused-ring (bicyclic) bond motifs is 1. The molecular weight excluding hydrogens is 450 g/mol. The van der Waals surface area contributed by atoms with Crippen LogP contribution in [-0.2, 0) is 4.79 Å². The number of hydrogen-bond donors (Lipinski definition) is 0. The van der Waals surface area contributed by atoms with Crippen molar-refractivity contribution in [1.82, 2.24) is 0 Å². The molecule has 0 unspecified atom stereocenters. The van der Waals surface area contributed by atoms with E-state index in [0.717, 1.165) is 38.3 Å². The maximum atomic E-state index is 13.8. The molecule has 3 aromatic rings. The highest BCUT2D eigenvalue weighted by Crippen LogP contribution is 2.51. The molecule has 0 atom stereocenters. The van der Waals surface area contributed by atoms with Gasteiger partial charge in [0.1, 0.15) is 10.7 Å². The van der Waals surface area contributed by atoms with Crippen molar-refractivity contribution < 1.29 is 9.53 Å². The zero-order valence-corrected chi connectivity index (χ0v) is 20.5. The lowest BCUT2D eigenvalue weighted by molar-refractivity contribution is -0.113. The van der Waals surface area contributed by atoms with E-state index in [1.165, 1.54) is 17.3 Å². The molecule has 0 radical (unpaired) electrons. The molecule has 0 aromatic heterocycles. The molecule has 5 rings (SSSR count). The topological polar surface area (TPSA) is 45.1 Å². The van der Waals surface area contributed by atoms with E-state index >= 15 is 0 Å². The van der Waals surface area contributed by atoms with Crippen LogP contribution in [0.15, 0.2) is 86.6 Å². The highest BCUT2D eigenvalue weighted by atomic mass is 32.2. The molecule has 1 fully saturated rings. The van der Waals surface area contributed by atoms with Gasteiger partial charge in [-0.25, -0.2) is 4.99 Å². The van der Waals surface area contributed by atoms with Gasteiger partial charge in [-0.2, -0.15) is 0 Å². The second kappa shape index (κ2) is 8.65. The molecular formula is C26H23N3O2S2. The number of ether oxygens (including phenoxy) is 1. The molecule has 1 saturated heterocycles. The summed E-state index contributed by atoms with van der Waals surface area (Å²) in [5.41, 5.74) is 4.97. The normalized spacial score (nSPS) is 18.9. The summed E-state index contributed by atoms with van der Waals surface area (Å²) in [6.45, 7) is 4.08. The number of aryl methyl sites for hydroxylation is 2. The number of amides is 1. The van der Waals surface area contributed by atoms with Crippen LogP contribution in [0.3, 0.4) is 0 Å². The molecule has 0 N–H and O–H groups in total. The second-order valence-electron chi connectivity index (χ2n) is 7.94. The van der Waals surface area contributed by atoms with Gasteiger partial charge in [-0.05, 0) is 62.0 Å². The van der Waals surface area contributed by atoms with Crippen LogP contribution in [0, 0.1) is 13.8 Å². The fraction of sp³-hybridized carbons (Fsp3) is 0.154. The monoisotopic (exact) mass is 473 g/mol. The minimum Gasteiger partial charge on any atom is -0.497 e. The minimum absolute atomic E-state index is 0.0659. The standard InChI is InChI=1S/C26H23N3O2S2/c1-16-5-9-18(10-6-16)27-26-29(19-11-7-17(2)8-12-19)24(30)23(33-26)25-28(3)21-15-20(31-4)13-14-22(21)32-25/h5-15H,1-4H3/b25-23-,27-26?. The van der Waals surface area contributed by atoms with Gasteiger partial charge in [-0.15, -0.1) is 0 Å². The van der Waals surface area contributed by atoms with E-state index in [4.69, 9.17) is 9.73 Å². The number of hydrogen-bond acceptors (Lipinski definition) is 6. The Morgan fingerprint density at radius 2 is 1.55 bits per heavy atom. The molecule has 33 heavy (non-hydrogen) atoms. The third-order valence-electron chi connectivity index (χ3n) is 5.57. The number of rotatable bonds is 3. The predicted octanol–water partition coefficient (Wildman–Crippen LogP) is 6.49. The van der Waals surface area contributed by atoms with Crippen molar-refractivity contribution in [2.75, 3.05) is 24.0 Å². The van der Waals surface area contributed by atoms with Gasteiger partial charge < -0.3 is 9.64 Å².